The van der Waals surface area contributed by atoms with Gasteiger partial charge in [0.2, 0.25) is 0 Å². The Bertz CT molecular complexity index is 578. The normalized spacial score (nSPS) is 12.2. The zero-order chi connectivity index (χ0) is 16.7. The highest BCUT2D eigenvalue weighted by Crippen LogP contribution is 2.14. The van der Waals surface area contributed by atoms with Crippen LogP contribution in [0.15, 0.2) is 48.5 Å². The highest BCUT2D eigenvalue weighted by molar-refractivity contribution is 5.28. The maximum Gasteiger partial charge on any atom is 0.119 e. The van der Waals surface area contributed by atoms with Gasteiger partial charge in [0.05, 0.1) is 7.11 Å². The second kappa shape index (κ2) is 8.59. The molecule has 2 rings (SSSR count). The molecule has 0 radical (unpaired) electrons. The Kier molecular flexibility index (Phi) is 6.48. The highest BCUT2D eigenvalue weighted by atomic mass is 16.5. The van der Waals surface area contributed by atoms with E-state index in [1.807, 2.05) is 24.3 Å². The van der Waals surface area contributed by atoms with Gasteiger partial charge in [-0.1, -0.05) is 29.8 Å². The number of aryl methyl sites for hydroxylation is 1. The van der Waals surface area contributed by atoms with Crippen LogP contribution in [0.2, 0.25) is 0 Å². The molecule has 0 saturated carbocycles. The molecule has 0 amide bonds. The number of hydrogen-bond acceptors (Lipinski definition) is 3. The van der Waals surface area contributed by atoms with E-state index >= 15 is 0 Å². The highest BCUT2D eigenvalue weighted by Gasteiger charge is 2.10. The van der Waals surface area contributed by atoms with Crippen molar-refractivity contribution in [3.05, 3.63) is 59.7 Å². The zero-order valence-electron chi connectivity index (χ0n) is 14.6. The minimum Gasteiger partial charge on any atom is -0.497 e. The first-order valence-corrected chi connectivity index (χ1v) is 8.11. The number of methoxy groups -OCH3 is 1. The fourth-order valence-electron chi connectivity index (χ4n) is 2.42. The number of likely N-dealkylation sites (N-methyl/N-ethyl adjacent to an activating group) is 1. The molecule has 0 saturated heterocycles. The molecule has 0 aliphatic carbocycles. The Hall–Kier alpha value is -2.00. The summed E-state index contributed by atoms with van der Waals surface area (Å²) < 4.78 is 11.0. The van der Waals surface area contributed by atoms with Crippen molar-refractivity contribution in [2.24, 2.45) is 0 Å². The summed E-state index contributed by atoms with van der Waals surface area (Å²) in [7, 11) is 3.84. The lowest BCUT2D eigenvalue weighted by Crippen LogP contribution is -2.34. The second-order valence-electron chi connectivity index (χ2n) is 6.04. The van der Waals surface area contributed by atoms with Crippen molar-refractivity contribution in [3.63, 3.8) is 0 Å². The van der Waals surface area contributed by atoms with E-state index in [1.54, 1.807) is 7.11 Å². The lowest BCUT2D eigenvalue weighted by Gasteiger charge is -2.24. The summed E-state index contributed by atoms with van der Waals surface area (Å²) in [5.41, 5.74) is 2.58. The first-order valence-electron chi connectivity index (χ1n) is 8.11. The van der Waals surface area contributed by atoms with Crippen molar-refractivity contribution >= 4 is 0 Å². The summed E-state index contributed by atoms with van der Waals surface area (Å²) in [6.45, 7) is 5.94. The molecule has 0 N–H and O–H groups in total. The van der Waals surface area contributed by atoms with Crippen molar-refractivity contribution in [2.75, 3.05) is 27.3 Å². The van der Waals surface area contributed by atoms with Crippen LogP contribution in [0.25, 0.3) is 0 Å². The molecule has 3 nitrogen and oxygen atoms in total. The second-order valence-corrected chi connectivity index (χ2v) is 6.04. The van der Waals surface area contributed by atoms with Crippen molar-refractivity contribution in [2.45, 2.75) is 26.3 Å². The standard InChI is InChI=1S/C20H27NO2/c1-16-5-9-20(10-6-16)23-14-13-21(3)17(2)15-18-7-11-19(22-4)12-8-18/h5-12,17H,13-15H2,1-4H3. The van der Waals surface area contributed by atoms with Crippen LogP contribution in [0, 0.1) is 6.92 Å². The molecule has 0 bridgehead atoms. The first kappa shape index (κ1) is 17.4. The molecule has 0 spiro atoms. The van der Waals surface area contributed by atoms with Crippen molar-refractivity contribution < 1.29 is 9.47 Å². The third-order valence-electron chi connectivity index (χ3n) is 4.18. The summed E-state index contributed by atoms with van der Waals surface area (Å²) in [5, 5.41) is 0. The van der Waals surface area contributed by atoms with Gasteiger partial charge in [0.25, 0.3) is 0 Å². The predicted octanol–water partition coefficient (Wildman–Crippen LogP) is 3.95. The molecule has 1 atom stereocenters. The fourth-order valence-corrected chi connectivity index (χ4v) is 2.42. The van der Waals surface area contributed by atoms with Crippen molar-refractivity contribution in [1.29, 1.82) is 0 Å². The van der Waals surface area contributed by atoms with E-state index < -0.39 is 0 Å². The fraction of sp³-hybridized carbons (Fsp3) is 0.400. The third kappa shape index (κ3) is 5.61. The lowest BCUT2D eigenvalue weighted by molar-refractivity contribution is 0.199. The van der Waals surface area contributed by atoms with Gasteiger partial charge in [-0.3, -0.25) is 4.90 Å². The van der Waals surface area contributed by atoms with E-state index in [9.17, 15) is 0 Å². The molecule has 2 aromatic carbocycles. The van der Waals surface area contributed by atoms with Gasteiger partial charge in [-0.15, -0.1) is 0 Å². The smallest absolute Gasteiger partial charge is 0.119 e. The van der Waals surface area contributed by atoms with Crippen LogP contribution in [-0.4, -0.2) is 38.3 Å². The van der Waals surface area contributed by atoms with Crippen LogP contribution in [0.1, 0.15) is 18.1 Å². The van der Waals surface area contributed by atoms with Crippen LogP contribution >= 0.6 is 0 Å². The number of benzene rings is 2. The van der Waals surface area contributed by atoms with Gasteiger partial charge < -0.3 is 9.47 Å². The quantitative estimate of drug-likeness (QED) is 0.736. The maximum atomic E-state index is 5.80. The maximum absolute atomic E-state index is 5.80. The minimum absolute atomic E-state index is 0.463. The molecular weight excluding hydrogens is 286 g/mol. The van der Waals surface area contributed by atoms with Crippen LogP contribution in [0.5, 0.6) is 11.5 Å². The van der Waals surface area contributed by atoms with Crippen LogP contribution < -0.4 is 9.47 Å². The molecule has 0 aliphatic heterocycles. The number of hydrogen-bond donors (Lipinski definition) is 0. The van der Waals surface area contributed by atoms with Gasteiger partial charge in [-0.2, -0.15) is 0 Å². The Labute approximate surface area is 139 Å². The number of nitrogens with zero attached hydrogens (tertiary/aromatic N) is 1. The van der Waals surface area contributed by atoms with Gasteiger partial charge in [0, 0.05) is 12.6 Å². The van der Waals surface area contributed by atoms with E-state index in [2.05, 4.69) is 50.1 Å². The lowest BCUT2D eigenvalue weighted by atomic mass is 10.1. The van der Waals surface area contributed by atoms with Crippen molar-refractivity contribution in [3.8, 4) is 11.5 Å². The average Bonchev–Trinajstić information content (AvgIpc) is 2.57. The van der Waals surface area contributed by atoms with Gasteiger partial charge in [0.15, 0.2) is 0 Å². The SMILES string of the molecule is COc1ccc(CC(C)N(C)CCOc2ccc(C)cc2)cc1. The van der Waals surface area contributed by atoms with Gasteiger partial charge >= 0.3 is 0 Å². The first-order chi connectivity index (χ1) is 11.1. The van der Waals surface area contributed by atoms with Gasteiger partial charge in [0.1, 0.15) is 18.1 Å². The summed E-state index contributed by atoms with van der Waals surface area (Å²) in [4.78, 5) is 2.33. The van der Waals surface area contributed by atoms with Crippen LogP contribution in [0.3, 0.4) is 0 Å². The van der Waals surface area contributed by atoms with E-state index in [0.717, 1.165) is 24.5 Å². The minimum atomic E-state index is 0.463. The third-order valence-corrected chi connectivity index (χ3v) is 4.18. The molecule has 124 valence electrons. The molecule has 1 unspecified atom stereocenters. The molecular formula is C20H27NO2. The van der Waals surface area contributed by atoms with Gasteiger partial charge in [-0.05, 0) is 57.1 Å². The molecule has 2 aromatic rings. The van der Waals surface area contributed by atoms with Crippen LogP contribution in [0.4, 0.5) is 0 Å². The van der Waals surface area contributed by atoms with E-state index in [1.165, 1.54) is 11.1 Å². The Morgan fingerprint density at radius 3 is 2.17 bits per heavy atom. The van der Waals surface area contributed by atoms with E-state index in [0.29, 0.717) is 12.6 Å². The van der Waals surface area contributed by atoms with E-state index in [-0.39, 0.29) is 0 Å². The van der Waals surface area contributed by atoms with E-state index in [4.69, 9.17) is 9.47 Å². The largest absolute Gasteiger partial charge is 0.497 e. The molecule has 0 aliphatic rings. The summed E-state index contributed by atoms with van der Waals surface area (Å²) in [6.07, 6.45) is 1.02. The summed E-state index contributed by atoms with van der Waals surface area (Å²) in [6, 6.07) is 17.0. The Morgan fingerprint density at radius 1 is 0.957 bits per heavy atom. The summed E-state index contributed by atoms with van der Waals surface area (Å²) in [5.74, 6) is 1.84. The molecule has 3 heteroatoms. The molecule has 23 heavy (non-hydrogen) atoms. The Morgan fingerprint density at radius 2 is 1.57 bits per heavy atom. The predicted molar refractivity (Wildman–Crippen MR) is 95.5 cm³/mol. The van der Waals surface area contributed by atoms with Gasteiger partial charge in [-0.25, -0.2) is 0 Å². The summed E-state index contributed by atoms with van der Waals surface area (Å²) >= 11 is 0. The topological polar surface area (TPSA) is 21.7 Å². The van der Waals surface area contributed by atoms with Crippen LogP contribution in [-0.2, 0) is 6.42 Å². The molecule has 0 heterocycles. The molecule has 0 aromatic heterocycles. The Balaban J connectivity index is 1.75. The monoisotopic (exact) mass is 313 g/mol. The average molecular weight is 313 g/mol. The number of ether oxygens (including phenoxy) is 2. The molecule has 0 fully saturated rings. The number of rotatable bonds is 8. The van der Waals surface area contributed by atoms with Crippen molar-refractivity contribution in [1.82, 2.24) is 4.90 Å². The zero-order valence-corrected chi connectivity index (χ0v) is 14.6.